The minimum absolute atomic E-state index is 0.333. The third-order valence-corrected chi connectivity index (χ3v) is 4.87. The molecule has 1 heterocycles. The van der Waals surface area contributed by atoms with Crippen LogP contribution in [0.25, 0.3) is 10.9 Å². The molecular formula is C14H18N4S. The molecule has 1 saturated carbocycles. The van der Waals surface area contributed by atoms with E-state index in [4.69, 9.17) is 5.73 Å². The van der Waals surface area contributed by atoms with Gasteiger partial charge in [-0.05, 0) is 31.2 Å². The van der Waals surface area contributed by atoms with Crippen molar-refractivity contribution < 1.29 is 0 Å². The third-order valence-electron chi connectivity index (χ3n) is 3.70. The maximum atomic E-state index is 5.80. The van der Waals surface area contributed by atoms with Crippen LogP contribution in [0.4, 0.5) is 11.8 Å². The van der Waals surface area contributed by atoms with Gasteiger partial charge in [0.15, 0.2) is 0 Å². The molecule has 4 nitrogen and oxygen atoms in total. The second-order valence-electron chi connectivity index (χ2n) is 4.90. The zero-order valence-corrected chi connectivity index (χ0v) is 11.8. The maximum Gasteiger partial charge on any atom is 0.222 e. The highest BCUT2D eigenvalue weighted by molar-refractivity contribution is 7.99. The van der Waals surface area contributed by atoms with Crippen molar-refractivity contribution in [3.63, 3.8) is 0 Å². The SMILES string of the molecule is CSC1CCCC1Nc1nc(N)nc2ccccc12. The Bertz CT molecular complexity index is 587. The monoisotopic (exact) mass is 274 g/mol. The Kier molecular flexibility index (Phi) is 3.46. The van der Waals surface area contributed by atoms with Crippen LogP contribution in [0, 0.1) is 0 Å². The largest absolute Gasteiger partial charge is 0.368 e. The van der Waals surface area contributed by atoms with E-state index in [1.165, 1.54) is 19.3 Å². The average Bonchev–Trinajstić information content (AvgIpc) is 2.86. The first-order valence-electron chi connectivity index (χ1n) is 6.59. The van der Waals surface area contributed by atoms with Crippen LogP contribution in [0.2, 0.25) is 0 Å². The summed E-state index contributed by atoms with van der Waals surface area (Å²) in [6.07, 6.45) is 5.93. The molecule has 0 aliphatic heterocycles. The molecule has 0 bridgehead atoms. The van der Waals surface area contributed by atoms with Crippen molar-refractivity contribution in [3.8, 4) is 0 Å². The quantitative estimate of drug-likeness (QED) is 0.901. The van der Waals surface area contributed by atoms with Gasteiger partial charge in [-0.1, -0.05) is 18.6 Å². The molecule has 1 aliphatic carbocycles. The van der Waals surface area contributed by atoms with Gasteiger partial charge in [0.25, 0.3) is 0 Å². The van der Waals surface area contributed by atoms with E-state index < -0.39 is 0 Å². The first-order valence-corrected chi connectivity index (χ1v) is 7.88. The van der Waals surface area contributed by atoms with Crippen LogP contribution in [-0.2, 0) is 0 Å². The fourth-order valence-electron chi connectivity index (χ4n) is 2.75. The Morgan fingerprint density at radius 1 is 1.26 bits per heavy atom. The van der Waals surface area contributed by atoms with Crippen LogP contribution >= 0.6 is 11.8 Å². The van der Waals surface area contributed by atoms with Crippen molar-refractivity contribution in [2.75, 3.05) is 17.3 Å². The molecule has 1 aromatic heterocycles. The highest BCUT2D eigenvalue weighted by Gasteiger charge is 2.27. The van der Waals surface area contributed by atoms with Crippen molar-refractivity contribution in [3.05, 3.63) is 24.3 Å². The van der Waals surface area contributed by atoms with E-state index in [1.807, 2.05) is 36.0 Å². The molecule has 19 heavy (non-hydrogen) atoms. The number of benzene rings is 1. The molecule has 0 spiro atoms. The fourth-order valence-corrected chi connectivity index (χ4v) is 3.69. The molecule has 5 heteroatoms. The Morgan fingerprint density at radius 2 is 2.11 bits per heavy atom. The van der Waals surface area contributed by atoms with Crippen molar-refractivity contribution in [2.24, 2.45) is 0 Å². The van der Waals surface area contributed by atoms with Crippen LogP contribution in [0.15, 0.2) is 24.3 Å². The van der Waals surface area contributed by atoms with E-state index in [1.54, 1.807) is 0 Å². The Morgan fingerprint density at radius 3 is 2.95 bits per heavy atom. The van der Waals surface area contributed by atoms with E-state index in [0.29, 0.717) is 17.2 Å². The standard InChI is InChI=1S/C14H18N4S/c1-19-12-8-4-7-11(12)16-13-9-5-2-3-6-10(9)17-14(15)18-13/h2-3,5-6,11-12H,4,7-8H2,1H3,(H3,15,16,17,18). The minimum Gasteiger partial charge on any atom is -0.368 e. The van der Waals surface area contributed by atoms with Crippen molar-refractivity contribution in [1.82, 2.24) is 9.97 Å². The normalized spacial score (nSPS) is 22.8. The zero-order valence-electron chi connectivity index (χ0n) is 11.0. The molecule has 0 radical (unpaired) electrons. The predicted molar refractivity (Wildman–Crippen MR) is 82.5 cm³/mol. The summed E-state index contributed by atoms with van der Waals surface area (Å²) in [5.41, 5.74) is 6.70. The number of nitrogens with zero attached hydrogens (tertiary/aromatic N) is 2. The average molecular weight is 274 g/mol. The van der Waals surface area contributed by atoms with Gasteiger partial charge < -0.3 is 11.1 Å². The lowest BCUT2D eigenvalue weighted by Gasteiger charge is -2.20. The van der Waals surface area contributed by atoms with Gasteiger partial charge in [-0.25, -0.2) is 4.98 Å². The second kappa shape index (κ2) is 5.25. The lowest BCUT2D eigenvalue weighted by Crippen LogP contribution is -2.26. The third kappa shape index (κ3) is 2.47. The fraction of sp³-hybridized carbons (Fsp3) is 0.429. The number of thioether (sulfide) groups is 1. The first-order chi connectivity index (χ1) is 9.28. The van der Waals surface area contributed by atoms with Gasteiger partial charge in [0.2, 0.25) is 5.95 Å². The summed E-state index contributed by atoms with van der Waals surface area (Å²) >= 11 is 1.93. The van der Waals surface area contributed by atoms with Crippen molar-refractivity contribution in [2.45, 2.75) is 30.6 Å². The number of rotatable bonds is 3. The van der Waals surface area contributed by atoms with Crippen LogP contribution < -0.4 is 11.1 Å². The zero-order chi connectivity index (χ0) is 13.2. The lowest BCUT2D eigenvalue weighted by atomic mass is 10.2. The van der Waals surface area contributed by atoms with Gasteiger partial charge in [0.05, 0.1) is 5.52 Å². The summed E-state index contributed by atoms with van der Waals surface area (Å²) in [7, 11) is 0. The molecule has 100 valence electrons. The highest BCUT2D eigenvalue weighted by Crippen LogP contribution is 2.32. The molecular weight excluding hydrogens is 256 g/mol. The first kappa shape index (κ1) is 12.5. The Balaban J connectivity index is 1.96. The molecule has 2 aromatic rings. The number of fused-ring (bicyclic) bond motifs is 1. The smallest absolute Gasteiger partial charge is 0.222 e. The molecule has 2 atom stereocenters. The van der Waals surface area contributed by atoms with Gasteiger partial charge in [-0.15, -0.1) is 0 Å². The van der Waals surface area contributed by atoms with Crippen molar-refractivity contribution in [1.29, 1.82) is 0 Å². The number of para-hydroxylation sites is 1. The molecule has 3 rings (SSSR count). The number of nitrogen functional groups attached to an aromatic ring is 1. The van der Waals surface area contributed by atoms with Crippen LogP contribution in [0.5, 0.6) is 0 Å². The second-order valence-corrected chi connectivity index (χ2v) is 5.98. The maximum absolute atomic E-state index is 5.80. The van der Waals surface area contributed by atoms with Crippen LogP contribution in [0.1, 0.15) is 19.3 Å². The molecule has 1 aliphatic rings. The number of hydrogen-bond donors (Lipinski definition) is 2. The number of anilines is 2. The van der Waals surface area contributed by atoms with E-state index in [9.17, 15) is 0 Å². The highest BCUT2D eigenvalue weighted by atomic mass is 32.2. The van der Waals surface area contributed by atoms with Gasteiger partial charge in [-0.2, -0.15) is 16.7 Å². The van der Waals surface area contributed by atoms with Crippen LogP contribution in [0.3, 0.4) is 0 Å². The van der Waals surface area contributed by atoms with Gasteiger partial charge in [0.1, 0.15) is 5.82 Å². The summed E-state index contributed by atoms with van der Waals surface area (Å²) < 4.78 is 0. The Labute approximate surface area is 117 Å². The molecule has 1 aromatic carbocycles. The molecule has 3 N–H and O–H groups in total. The molecule has 1 fully saturated rings. The number of nitrogens with two attached hydrogens (primary N) is 1. The van der Waals surface area contributed by atoms with Gasteiger partial charge in [0, 0.05) is 16.7 Å². The van der Waals surface area contributed by atoms with E-state index in [2.05, 4.69) is 21.5 Å². The summed E-state index contributed by atoms with van der Waals surface area (Å²) in [6.45, 7) is 0. The Hall–Kier alpha value is -1.49. The van der Waals surface area contributed by atoms with Crippen LogP contribution in [-0.4, -0.2) is 27.5 Å². The van der Waals surface area contributed by atoms with Gasteiger partial charge in [-0.3, -0.25) is 0 Å². The topological polar surface area (TPSA) is 63.8 Å². The van der Waals surface area contributed by atoms with Gasteiger partial charge >= 0.3 is 0 Å². The summed E-state index contributed by atoms with van der Waals surface area (Å²) in [5.74, 6) is 1.20. The van der Waals surface area contributed by atoms with Crippen molar-refractivity contribution >= 4 is 34.4 Å². The summed E-state index contributed by atoms with van der Waals surface area (Å²) in [6, 6.07) is 8.47. The number of hydrogen-bond acceptors (Lipinski definition) is 5. The van der Waals surface area contributed by atoms with E-state index >= 15 is 0 Å². The summed E-state index contributed by atoms with van der Waals surface area (Å²) in [5, 5.41) is 5.28. The molecule has 0 amide bonds. The minimum atomic E-state index is 0.333. The number of nitrogens with one attached hydrogen (secondary N) is 1. The predicted octanol–water partition coefficient (Wildman–Crippen LogP) is 2.91. The van der Waals surface area contributed by atoms with E-state index in [0.717, 1.165) is 16.7 Å². The van der Waals surface area contributed by atoms with E-state index in [-0.39, 0.29) is 0 Å². The molecule has 2 unspecified atom stereocenters. The summed E-state index contributed by atoms with van der Waals surface area (Å²) in [4.78, 5) is 8.65. The molecule has 0 saturated heterocycles. The lowest BCUT2D eigenvalue weighted by molar-refractivity contribution is 0.765. The number of aromatic nitrogens is 2.